The lowest BCUT2D eigenvalue weighted by Gasteiger charge is -2.21. The highest BCUT2D eigenvalue weighted by atomic mass is 14.9. The number of hydrogen-bond acceptors (Lipinski definition) is 2. The van der Waals surface area contributed by atoms with Crippen LogP contribution >= 0.6 is 0 Å². The maximum atomic E-state index is 5.57. The molecule has 1 heterocycles. The van der Waals surface area contributed by atoms with E-state index in [9.17, 15) is 0 Å². The molecule has 0 saturated carbocycles. The summed E-state index contributed by atoms with van der Waals surface area (Å²) in [7, 11) is 0. The molecule has 0 atom stereocenters. The predicted octanol–water partition coefficient (Wildman–Crippen LogP) is 15.1. The Hall–Kier alpha value is -7.42. The summed E-state index contributed by atoms with van der Waals surface area (Å²) in [5.74, 6) is 0.734. The number of benzene rings is 9. The van der Waals surface area contributed by atoms with E-state index in [-0.39, 0.29) is 5.41 Å². The Morgan fingerprint density at radius 1 is 0.339 bits per heavy atom. The Morgan fingerprint density at radius 3 is 1.46 bits per heavy atom. The van der Waals surface area contributed by atoms with Gasteiger partial charge >= 0.3 is 0 Å². The molecule has 0 amide bonds. The second-order valence-electron chi connectivity index (χ2n) is 16.2. The van der Waals surface area contributed by atoms with Gasteiger partial charge in [0, 0.05) is 22.1 Å². The first-order valence-corrected chi connectivity index (χ1v) is 20.4. The maximum Gasteiger partial charge on any atom is 0.160 e. The molecule has 11 rings (SSSR count). The lowest BCUT2D eigenvalue weighted by Crippen LogP contribution is -2.17. The van der Waals surface area contributed by atoms with Crippen molar-refractivity contribution in [2.45, 2.75) is 19.3 Å². The summed E-state index contributed by atoms with van der Waals surface area (Å²) in [5.41, 5.74) is 16.9. The maximum absolute atomic E-state index is 5.57. The summed E-state index contributed by atoms with van der Waals surface area (Å²) in [6.45, 7) is 4.63. The van der Waals surface area contributed by atoms with Gasteiger partial charge in [0.25, 0.3) is 0 Å². The van der Waals surface area contributed by atoms with Crippen molar-refractivity contribution >= 4 is 21.5 Å². The van der Waals surface area contributed by atoms with Crippen LogP contribution in [0.5, 0.6) is 0 Å². The SMILES string of the molecule is CC1(C)c2ccc3ccccc3c2-c2c(-c3cccc4ccccc34)nc(-c3cccc(-c4cccc(-c5cc(-c6ccccc6)cc(-c6ccccc6)c5)c4)c3)nc21. The predicted molar refractivity (Wildman–Crippen MR) is 247 cm³/mol. The van der Waals surface area contributed by atoms with E-state index < -0.39 is 0 Å². The molecule has 59 heavy (non-hydrogen) atoms. The van der Waals surface area contributed by atoms with Gasteiger partial charge in [-0.15, -0.1) is 0 Å². The summed E-state index contributed by atoms with van der Waals surface area (Å²) < 4.78 is 0. The normalized spacial score (nSPS) is 12.7. The molecule has 9 aromatic carbocycles. The molecule has 1 aromatic heterocycles. The average molecular weight is 753 g/mol. The van der Waals surface area contributed by atoms with Gasteiger partial charge < -0.3 is 0 Å². The molecule has 10 aromatic rings. The Bertz CT molecular complexity index is 3170. The quantitative estimate of drug-likeness (QED) is 0.169. The van der Waals surface area contributed by atoms with Gasteiger partial charge in [0.15, 0.2) is 5.82 Å². The van der Waals surface area contributed by atoms with Crippen LogP contribution in [0.15, 0.2) is 206 Å². The molecular weight excluding hydrogens is 713 g/mol. The zero-order valence-corrected chi connectivity index (χ0v) is 33.0. The Labute approximate surface area is 345 Å². The fraction of sp³-hybridized carbons (Fsp3) is 0.0526. The van der Waals surface area contributed by atoms with Crippen LogP contribution in [0.2, 0.25) is 0 Å². The van der Waals surface area contributed by atoms with Gasteiger partial charge in [-0.05, 0) is 108 Å². The van der Waals surface area contributed by atoms with E-state index >= 15 is 0 Å². The van der Waals surface area contributed by atoms with Gasteiger partial charge in [-0.2, -0.15) is 0 Å². The third-order valence-electron chi connectivity index (χ3n) is 12.2. The van der Waals surface area contributed by atoms with Gasteiger partial charge in [-0.3, -0.25) is 0 Å². The van der Waals surface area contributed by atoms with Crippen molar-refractivity contribution in [2.75, 3.05) is 0 Å². The topological polar surface area (TPSA) is 25.8 Å². The fourth-order valence-electron chi connectivity index (χ4n) is 9.20. The van der Waals surface area contributed by atoms with Crippen molar-refractivity contribution < 1.29 is 0 Å². The molecule has 2 heteroatoms. The lowest BCUT2D eigenvalue weighted by atomic mass is 9.84. The van der Waals surface area contributed by atoms with E-state index in [0.717, 1.165) is 45.0 Å². The van der Waals surface area contributed by atoms with Crippen LogP contribution < -0.4 is 0 Å². The number of aromatic nitrogens is 2. The second kappa shape index (κ2) is 13.9. The minimum atomic E-state index is -0.329. The molecule has 0 N–H and O–H groups in total. The summed E-state index contributed by atoms with van der Waals surface area (Å²) in [6.07, 6.45) is 0. The molecule has 0 unspecified atom stereocenters. The minimum Gasteiger partial charge on any atom is -0.231 e. The molecule has 0 spiro atoms. The van der Waals surface area contributed by atoms with E-state index in [1.807, 2.05) is 0 Å². The third kappa shape index (κ3) is 5.96. The first-order chi connectivity index (χ1) is 29.0. The van der Waals surface area contributed by atoms with Gasteiger partial charge in [-0.25, -0.2) is 9.97 Å². The zero-order valence-electron chi connectivity index (χ0n) is 33.0. The second-order valence-corrected chi connectivity index (χ2v) is 16.2. The number of fused-ring (bicyclic) bond motifs is 6. The highest BCUT2D eigenvalue weighted by molar-refractivity contribution is 6.08. The van der Waals surface area contributed by atoms with E-state index in [0.29, 0.717) is 0 Å². The Morgan fingerprint density at radius 2 is 0.797 bits per heavy atom. The van der Waals surface area contributed by atoms with Crippen LogP contribution in [0.1, 0.15) is 25.1 Å². The molecule has 2 nitrogen and oxygen atoms in total. The van der Waals surface area contributed by atoms with E-state index in [4.69, 9.17) is 9.97 Å². The average Bonchev–Trinajstić information content (AvgIpc) is 3.55. The van der Waals surface area contributed by atoms with Gasteiger partial charge in [-0.1, -0.05) is 190 Å². The smallest absolute Gasteiger partial charge is 0.160 e. The van der Waals surface area contributed by atoms with Crippen LogP contribution in [0.3, 0.4) is 0 Å². The zero-order chi connectivity index (χ0) is 39.5. The number of nitrogens with zero attached hydrogens (tertiary/aromatic N) is 2. The molecule has 1 aliphatic rings. The van der Waals surface area contributed by atoms with E-state index in [1.54, 1.807) is 0 Å². The summed E-state index contributed by atoms with van der Waals surface area (Å²) in [4.78, 5) is 11.1. The van der Waals surface area contributed by atoms with Crippen LogP contribution in [-0.4, -0.2) is 9.97 Å². The van der Waals surface area contributed by atoms with Crippen molar-refractivity contribution in [3.05, 3.63) is 218 Å². The number of rotatable bonds is 6. The Balaban J connectivity index is 1.07. The Kier molecular flexibility index (Phi) is 8.20. The van der Waals surface area contributed by atoms with Crippen molar-refractivity contribution in [1.82, 2.24) is 9.97 Å². The highest BCUT2D eigenvalue weighted by Gasteiger charge is 2.41. The van der Waals surface area contributed by atoms with Gasteiger partial charge in [0.2, 0.25) is 0 Å². The van der Waals surface area contributed by atoms with E-state index in [1.165, 1.54) is 66.1 Å². The molecule has 0 saturated heterocycles. The molecular formula is C57H40N2. The highest BCUT2D eigenvalue weighted by Crippen LogP contribution is 2.54. The largest absolute Gasteiger partial charge is 0.231 e. The van der Waals surface area contributed by atoms with Crippen LogP contribution in [0.25, 0.3) is 99.8 Å². The van der Waals surface area contributed by atoms with Crippen LogP contribution in [0, 0.1) is 0 Å². The van der Waals surface area contributed by atoms with Crippen molar-refractivity contribution in [2.24, 2.45) is 0 Å². The summed E-state index contributed by atoms with van der Waals surface area (Å²) >= 11 is 0. The molecule has 278 valence electrons. The van der Waals surface area contributed by atoms with Crippen LogP contribution in [-0.2, 0) is 5.41 Å². The van der Waals surface area contributed by atoms with Gasteiger partial charge in [0.05, 0.1) is 11.4 Å². The van der Waals surface area contributed by atoms with E-state index in [2.05, 4.69) is 220 Å². The van der Waals surface area contributed by atoms with Crippen molar-refractivity contribution in [3.8, 4) is 78.3 Å². The first kappa shape index (κ1) is 34.8. The monoisotopic (exact) mass is 752 g/mol. The molecule has 0 fully saturated rings. The fourth-order valence-corrected chi connectivity index (χ4v) is 9.20. The van der Waals surface area contributed by atoms with Crippen LogP contribution in [0.4, 0.5) is 0 Å². The summed E-state index contributed by atoms with van der Waals surface area (Å²) in [5, 5.41) is 4.84. The first-order valence-electron chi connectivity index (χ1n) is 20.4. The third-order valence-corrected chi connectivity index (χ3v) is 12.2. The molecule has 0 aliphatic heterocycles. The van der Waals surface area contributed by atoms with Crippen molar-refractivity contribution in [1.29, 1.82) is 0 Å². The minimum absolute atomic E-state index is 0.329. The lowest BCUT2D eigenvalue weighted by molar-refractivity contribution is 0.636. The molecule has 0 bridgehead atoms. The van der Waals surface area contributed by atoms with Gasteiger partial charge in [0.1, 0.15) is 0 Å². The van der Waals surface area contributed by atoms with Crippen molar-refractivity contribution in [3.63, 3.8) is 0 Å². The summed E-state index contributed by atoms with van der Waals surface area (Å²) in [6, 6.07) is 74.4. The molecule has 0 radical (unpaired) electrons. The molecule has 1 aliphatic carbocycles. The standard InChI is InChI=1S/C57H40N2/c1-57(2)51-31-30-40-21-10-12-28-49(40)52(51)53-54(50-29-15-22-39-20-9-11-27-48(39)50)58-56(59-55(53)57)44-26-14-24-42(33-44)41-23-13-25-43(32-41)47-35-45(37-16-5-3-6-17-37)34-46(36-47)38-18-7-4-8-19-38/h3-36H,1-2H3. The number of hydrogen-bond donors (Lipinski definition) is 0.